The molecule has 54 heavy (non-hydrogen) atoms. The van der Waals surface area contributed by atoms with Gasteiger partial charge in [0.05, 0.1) is 6.61 Å². The number of rotatable bonds is 24. The zero-order valence-electron chi connectivity index (χ0n) is 31.2. The molecule has 2 heterocycles. The number of carbonyl (C=O) groups is 1. The van der Waals surface area contributed by atoms with Crippen molar-refractivity contribution >= 4 is 19.5 Å². The maximum absolute atomic E-state index is 15.6. The Balaban J connectivity index is 1.36. The zero-order valence-corrected chi connectivity index (χ0v) is 32.1. The zero-order chi connectivity index (χ0) is 39.1. The lowest BCUT2D eigenvalue weighted by Crippen LogP contribution is -2.43. The number of ether oxygens (including phenoxy) is 1. The number of nitrogen functional groups attached to an aromatic ring is 1. The van der Waals surface area contributed by atoms with Gasteiger partial charge in [0.25, 0.3) is 0 Å². The molecule has 1 unspecified atom stereocenters. The molecule has 294 valence electrons. The summed E-state index contributed by atoms with van der Waals surface area (Å²) in [7, 11) is -4.13. The summed E-state index contributed by atoms with van der Waals surface area (Å²) in [6, 6.07) is 9.56. The molecule has 1 amide bonds. The number of hydrogen-bond acceptors (Lipinski definition) is 9. The van der Waals surface area contributed by atoms with Gasteiger partial charge >= 0.3 is 13.4 Å². The van der Waals surface area contributed by atoms with Crippen LogP contribution in [0.1, 0.15) is 71.4 Å². The second-order valence-electron chi connectivity index (χ2n) is 12.6. The van der Waals surface area contributed by atoms with Crippen molar-refractivity contribution < 1.29 is 32.6 Å². The third-order valence-electron chi connectivity index (χ3n) is 8.09. The normalized spacial score (nSPS) is 21.7. The summed E-state index contributed by atoms with van der Waals surface area (Å²) >= 11 is 0. The first kappa shape index (κ1) is 44.0. The van der Waals surface area contributed by atoms with E-state index in [0.717, 1.165) is 50.0 Å². The van der Waals surface area contributed by atoms with Crippen LogP contribution in [0.5, 0.6) is 5.75 Å². The van der Waals surface area contributed by atoms with Crippen LogP contribution >= 0.6 is 7.75 Å². The highest BCUT2D eigenvalue weighted by Gasteiger charge is 2.55. The van der Waals surface area contributed by atoms with Crippen molar-refractivity contribution in [1.29, 1.82) is 0 Å². The number of aliphatic hydroxyl groups is 1. The van der Waals surface area contributed by atoms with E-state index in [1.54, 1.807) is 30.3 Å². The largest absolute Gasteiger partial charge is 0.458 e. The van der Waals surface area contributed by atoms with Crippen LogP contribution in [0.2, 0.25) is 0 Å². The van der Waals surface area contributed by atoms with E-state index in [9.17, 15) is 19.3 Å². The Bertz CT molecular complexity index is 1710. The quantitative estimate of drug-likeness (QED) is 0.0488. The maximum atomic E-state index is 15.6. The first-order chi connectivity index (χ1) is 26.1. The molecule has 1 aliphatic rings. The number of nitrogens with two attached hydrogens (primary N) is 1. The summed E-state index contributed by atoms with van der Waals surface area (Å²) in [5.41, 5.74) is 2.25. The second kappa shape index (κ2) is 24.1. The Labute approximate surface area is 318 Å². The number of para-hydroxylation sites is 1. The van der Waals surface area contributed by atoms with Gasteiger partial charge < -0.3 is 25.4 Å². The molecule has 0 aliphatic carbocycles. The van der Waals surface area contributed by atoms with E-state index in [4.69, 9.17) is 19.5 Å². The maximum Gasteiger partial charge on any atom is 0.458 e. The number of anilines is 1. The lowest BCUT2D eigenvalue weighted by atomic mass is 9.98. The first-order valence-electron chi connectivity index (χ1n) is 18.3. The number of halogens is 1. The average Bonchev–Trinajstić information content (AvgIpc) is 3.37. The monoisotopic (exact) mass is 767 g/mol. The molecule has 1 saturated heterocycles. The fourth-order valence-corrected chi connectivity index (χ4v) is 6.52. The van der Waals surface area contributed by atoms with Crippen molar-refractivity contribution in [2.24, 2.45) is 0 Å². The molecular weight excluding hydrogens is 712 g/mol. The molecule has 5 N–H and O–H groups in total. The highest BCUT2D eigenvalue weighted by Crippen LogP contribution is 2.47. The van der Waals surface area contributed by atoms with Gasteiger partial charge in [-0.2, -0.15) is 4.98 Å². The van der Waals surface area contributed by atoms with Crippen molar-refractivity contribution in [3.63, 3.8) is 0 Å². The van der Waals surface area contributed by atoms with Gasteiger partial charge in [-0.1, -0.05) is 98.0 Å². The minimum Gasteiger partial charge on any atom is -0.413 e. The van der Waals surface area contributed by atoms with Crippen LogP contribution in [-0.2, 0) is 18.6 Å². The molecule has 14 heteroatoms. The molecule has 1 fully saturated rings. The van der Waals surface area contributed by atoms with Crippen molar-refractivity contribution in [2.45, 2.75) is 89.3 Å². The molecule has 0 saturated carbocycles. The second-order valence-corrected chi connectivity index (χ2v) is 14.3. The average molecular weight is 768 g/mol. The minimum absolute atomic E-state index is 0.0137. The highest BCUT2D eigenvalue weighted by molar-refractivity contribution is 7.52. The SMILES string of the molecule is CC/C=C\C/C=C\C/C=C\C/C=C\C/C=C\C/C=C\CCC(=O)NCCNP(=O)(OC[C@H]1O[C@@H](n2ccc(N)nc2=O)[C@](C)(F)[C@@H]1O)Oc1ccccc1. The third kappa shape index (κ3) is 15.9. The smallest absolute Gasteiger partial charge is 0.413 e. The highest BCUT2D eigenvalue weighted by atomic mass is 31.2. The van der Waals surface area contributed by atoms with Crippen molar-refractivity contribution in [2.75, 3.05) is 25.4 Å². The summed E-state index contributed by atoms with van der Waals surface area (Å²) in [5, 5.41) is 16.2. The Kier molecular flexibility index (Phi) is 19.6. The van der Waals surface area contributed by atoms with Gasteiger partial charge in [0.2, 0.25) is 5.91 Å². The number of amides is 1. The van der Waals surface area contributed by atoms with E-state index in [0.29, 0.717) is 6.42 Å². The van der Waals surface area contributed by atoms with Gasteiger partial charge in [0.1, 0.15) is 23.8 Å². The Hall–Kier alpha value is -4.39. The van der Waals surface area contributed by atoms with Crippen LogP contribution in [0, 0.1) is 0 Å². The summed E-state index contributed by atoms with van der Waals surface area (Å²) in [5.74, 6) is -0.00470. The predicted octanol–water partition coefficient (Wildman–Crippen LogP) is 7.20. The fourth-order valence-electron chi connectivity index (χ4n) is 5.19. The number of aliphatic hydroxyl groups excluding tert-OH is 1. The van der Waals surface area contributed by atoms with Crippen molar-refractivity contribution in [3.8, 4) is 5.75 Å². The molecule has 0 spiro atoms. The fraction of sp³-hybridized carbons (Fsp3) is 0.425. The molecule has 1 aromatic heterocycles. The van der Waals surface area contributed by atoms with Crippen LogP contribution in [0.15, 0.2) is 120 Å². The van der Waals surface area contributed by atoms with Gasteiger partial charge in [0, 0.05) is 25.7 Å². The van der Waals surface area contributed by atoms with Gasteiger partial charge in [0.15, 0.2) is 11.9 Å². The van der Waals surface area contributed by atoms with E-state index in [1.807, 2.05) is 12.2 Å². The Morgan fingerprint density at radius 3 is 2.11 bits per heavy atom. The molecule has 1 aliphatic heterocycles. The lowest BCUT2D eigenvalue weighted by Gasteiger charge is -2.25. The Morgan fingerprint density at radius 2 is 1.54 bits per heavy atom. The summed E-state index contributed by atoms with van der Waals surface area (Å²) < 4.78 is 47.2. The summed E-state index contributed by atoms with van der Waals surface area (Å²) in [6.07, 6.45) is 28.6. The van der Waals surface area contributed by atoms with E-state index in [2.05, 4.69) is 83.1 Å². The molecule has 0 bridgehead atoms. The standard InChI is InChI=1S/C40H55FN5O7P/c1-3-4-5-6-7-8-9-10-11-12-13-14-15-16-17-18-19-20-24-27-36(47)43-29-30-44-54(50,53-33-25-22-21-23-26-33)51-32-34-37(48)40(2,41)38(52-34)46-31-28-35(42)45-39(46)49/h4-5,7-8,10-11,13-14,16-17,19-23,25-26,28,31,34,37-38,48H,3,6,9,12,15,18,24,27,29-30,32H2,1-2H3,(H,43,47)(H,44,50)(H2,42,45,49)/b5-4-,8-7-,11-10-,14-13-,17-16-,20-19-/t34-,37-,38-,40-,54?/m1/s1. The number of nitrogens with one attached hydrogen (secondary N) is 2. The van der Waals surface area contributed by atoms with Gasteiger partial charge in [-0.15, -0.1) is 0 Å². The number of hydrogen-bond donors (Lipinski definition) is 4. The molecule has 0 radical (unpaired) electrons. The van der Waals surface area contributed by atoms with Crippen LogP contribution in [0.25, 0.3) is 0 Å². The van der Waals surface area contributed by atoms with Crippen LogP contribution < -0.4 is 26.4 Å². The molecule has 1 aromatic carbocycles. The van der Waals surface area contributed by atoms with Crippen LogP contribution in [0.3, 0.4) is 0 Å². The summed E-state index contributed by atoms with van der Waals surface area (Å²) in [6.45, 7) is 2.79. The number of carbonyl (C=O) groups excluding carboxylic acids is 1. The molecular formula is C40H55FN5O7P. The topological polar surface area (TPSA) is 167 Å². The van der Waals surface area contributed by atoms with Crippen LogP contribution in [0.4, 0.5) is 10.2 Å². The Morgan fingerprint density at radius 1 is 0.963 bits per heavy atom. The van der Waals surface area contributed by atoms with Gasteiger partial charge in [-0.05, 0) is 70.1 Å². The van der Waals surface area contributed by atoms with Gasteiger partial charge in [-0.3, -0.25) is 13.9 Å². The van der Waals surface area contributed by atoms with E-state index >= 15 is 4.39 Å². The van der Waals surface area contributed by atoms with Crippen LogP contribution in [-0.4, -0.2) is 58.1 Å². The van der Waals surface area contributed by atoms with E-state index < -0.39 is 44.1 Å². The number of benzene rings is 1. The minimum atomic E-state index is -4.13. The number of allylic oxidation sites excluding steroid dienone is 12. The van der Waals surface area contributed by atoms with Gasteiger partial charge in [-0.25, -0.2) is 18.8 Å². The first-order valence-corrected chi connectivity index (χ1v) is 19.9. The predicted molar refractivity (Wildman–Crippen MR) is 211 cm³/mol. The van der Waals surface area contributed by atoms with E-state index in [1.165, 1.54) is 12.3 Å². The lowest BCUT2D eigenvalue weighted by molar-refractivity contribution is -0.120. The van der Waals surface area contributed by atoms with Crippen molar-refractivity contribution in [1.82, 2.24) is 20.0 Å². The molecule has 12 nitrogen and oxygen atoms in total. The number of aromatic nitrogens is 2. The number of nitrogens with zero attached hydrogens (tertiary/aromatic N) is 2. The molecule has 2 aromatic rings. The van der Waals surface area contributed by atoms with E-state index in [-0.39, 0.29) is 37.0 Å². The summed E-state index contributed by atoms with van der Waals surface area (Å²) in [4.78, 5) is 28.3. The third-order valence-corrected chi connectivity index (χ3v) is 9.64. The molecule has 3 rings (SSSR count). The van der Waals surface area contributed by atoms with Crippen molar-refractivity contribution in [3.05, 3.63) is 126 Å². The number of alkyl halides is 1. The molecule has 5 atom stereocenters.